The quantitative estimate of drug-likeness (QED) is 0.650. The molecule has 3 aromatic rings. The summed E-state index contributed by atoms with van der Waals surface area (Å²) in [5.74, 6) is 0.311. The Labute approximate surface area is 132 Å². The van der Waals surface area contributed by atoms with E-state index < -0.39 is 0 Å². The van der Waals surface area contributed by atoms with Crippen LogP contribution in [-0.2, 0) is 0 Å². The summed E-state index contributed by atoms with van der Waals surface area (Å²) in [6.45, 7) is 0. The van der Waals surface area contributed by atoms with Crippen LogP contribution in [0, 0.1) is 0 Å². The highest BCUT2D eigenvalue weighted by Crippen LogP contribution is 2.21. The molecule has 5 heteroatoms. The average molecular weight is 309 g/mol. The standard InChI is InChI=1S/C18H15NO4/c1-22-17-5-3-2-4-13(17)16(21)8-7-15(20)12-6-9-18-14(10-12)19-11-23-18/h2-6,9-11H,7-8H2,1H3. The van der Waals surface area contributed by atoms with Crippen LogP contribution in [0.3, 0.4) is 0 Å². The van der Waals surface area contributed by atoms with Crippen molar-refractivity contribution in [3.05, 3.63) is 60.0 Å². The number of methoxy groups -OCH3 is 1. The number of para-hydroxylation sites is 1. The van der Waals surface area contributed by atoms with Crippen molar-refractivity contribution in [2.24, 2.45) is 0 Å². The zero-order valence-electron chi connectivity index (χ0n) is 12.6. The lowest BCUT2D eigenvalue weighted by molar-refractivity contribution is 0.0916. The monoisotopic (exact) mass is 309 g/mol. The van der Waals surface area contributed by atoms with E-state index in [0.717, 1.165) is 0 Å². The van der Waals surface area contributed by atoms with Gasteiger partial charge in [0.25, 0.3) is 0 Å². The van der Waals surface area contributed by atoms with Crippen LogP contribution in [0.4, 0.5) is 0 Å². The van der Waals surface area contributed by atoms with Crippen molar-refractivity contribution in [2.75, 3.05) is 7.11 Å². The first-order chi connectivity index (χ1) is 11.2. The lowest BCUT2D eigenvalue weighted by atomic mass is 10.0. The number of rotatable bonds is 6. The molecule has 0 aliphatic heterocycles. The van der Waals surface area contributed by atoms with Crippen molar-refractivity contribution in [1.82, 2.24) is 4.98 Å². The summed E-state index contributed by atoms with van der Waals surface area (Å²) in [5.41, 5.74) is 2.28. The van der Waals surface area contributed by atoms with Gasteiger partial charge in [0.1, 0.15) is 11.3 Å². The van der Waals surface area contributed by atoms with E-state index in [1.54, 1.807) is 42.5 Å². The zero-order chi connectivity index (χ0) is 16.2. The van der Waals surface area contributed by atoms with Gasteiger partial charge in [-0.15, -0.1) is 0 Å². The maximum Gasteiger partial charge on any atom is 0.181 e. The maximum atomic E-state index is 12.3. The Bertz CT molecular complexity index is 866. The van der Waals surface area contributed by atoms with Crippen molar-refractivity contribution in [2.45, 2.75) is 12.8 Å². The number of benzene rings is 2. The minimum Gasteiger partial charge on any atom is -0.496 e. The van der Waals surface area contributed by atoms with Gasteiger partial charge in [-0.2, -0.15) is 0 Å². The molecule has 116 valence electrons. The van der Waals surface area contributed by atoms with E-state index in [1.165, 1.54) is 13.5 Å². The molecule has 5 nitrogen and oxygen atoms in total. The van der Waals surface area contributed by atoms with Gasteiger partial charge < -0.3 is 9.15 Å². The van der Waals surface area contributed by atoms with Gasteiger partial charge in [-0.3, -0.25) is 9.59 Å². The summed E-state index contributed by atoms with van der Waals surface area (Å²) in [4.78, 5) is 28.6. The zero-order valence-corrected chi connectivity index (χ0v) is 12.6. The van der Waals surface area contributed by atoms with Crippen molar-refractivity contribution in [1.29, 1.82) is 0 Å². The summed E-state index contributed by atoms with van der Waals surface area (Å²) >= 11 is 0. The fourth-order valence-corrected chi connectivity index (χ4v) is 2.41. The first kappa shape index (κ1) is 15.0. The van der Waals surface area contributed by atoms with E-state index in [9.17, 15) is 9.59 Å². The second kappa shape index (κ2) is 6.44. The highest BCUT2D eigenvalue weighted by molar-refractivity contribution is 6.04. The van der Waals surface area contributed by atoms with E-state index in [4.69, 9.17) is 9.15 Å². The fraction of sp³-hybridized carbons (Fsp3) is 0.167. The number of hydrogen-bond acceptors (Lipinski definition) is 5. The molecule has 0 fully saturated rings. The minimum absolute atomic E-state index is 0.0989. The first-order valence-electron chi connectivity index (χ1n) is 7.21. The van der Waals surface area contributed by atoms with Crippen molar-refractivity contribution in [3.8, 4) is 5.75 Å². The highest BCUT2D eigenvalue weighted by Gasteiger charge is 2.15. The molecule has 0 bridgehead atoms. The molecule has 0 aliphatic rings. The summed E-state index contributed by atoms with van der Waals surface area (Å²) < 4.78 is 10.3. The molecule has 0 unspecified atom stereocenters. The van der Waals surface area contributed by atoms with Crippen LogP contribution in [0.1, 0.15) is 33.6 Å². The number of carbonyl (C=O) groups is 2. The highest BCUT2D eigenvalue weighted by atomic mass is 16.5. The lowest BCUT2D eigenvalue weighted by Crippen LogP contribution is -2.06. The Morgan fingerprint density at radius 3 is 2.70 bits per heavy atom. The number of nitrogens with zero attached hydrogens (tertiary/aromatic N) is 1. The Morgan fingerprint density at radius 2 is 1.87 bits per heavy atom. The molecule has 0 N–H and O–H groups in total. The maximum absolute atomic E-state index is 12.3. The van der Waals surface area contributed by atoms with Gasteiger partial charge in [-0.25, -0.2) is 4.98 Å². The number of ketones is 2. The Balaban J connectivity index is 1.69. The van der Waals surface area contributed by atoms with E-state index in [-0.39, 0.29) is 24.4 Å². The minimum atomic E-state index is -0.113. The molecule has 3 rings (SSSR count). The Morgan fingerprint density at radius 1 is 1.09 bits per heavy atom. The van der Waals surface area contributed by atoms with Crippen LogP contribution in [0.5, 0.6) is 5.75 Å². The van der Waals surface area contributed by atoms with Gasteiger partial charge >= 0.3 is 0 Å². The fourth-order valence-electron chi connectivity index (χ4n) is 2.41. The molecule has 0 saturated carbocycles. The predicted molar refractivity (Wildman–Crippen MR) is 84.9 cm³/mol. The summed E-state index contributed by atoms with van der Waals surface area (Å²) in [6.07, 6.45) is 1.61. The molecule has 1 heterocycles. The summed E-state index contributed by atoms with van der Waals surface area (Å²) in [6, 6.07) is 12.1. The molecule has 23 heavy (non-hydrogen) atoms. The Hall–Kier alpha value is -2.95. The number of fused-ring (bicyclic) bond motifs is 1. The number of Topliss-reactive ketones (excluding diaryl/α,β-unsaturated/α-hetero) is 2. The number of ether oxygens (including phenoxy) is 1. The van der Waals surface area contributed by atoms with Crippen molar-refractivity contribution in [3.63, 3.8) is 0 Å². The van der Waals surface area contributed by atoms with Gasteiger partial charge in [0, 0.05) is 18.4 Å². The smallest absolute Gasteiger partial charge is 0.181 e. The van der Waals surface area contributed by atoms with Gasteiger partial charge in [-0.1, -0.05) is 12.1 Å². The molecule has 0 amide bonds. The largest absolute Gasteiger partial charge is 0.496 e. The van der Waals surface area contributed by atoms with Gasteiger partial charge in [0.2, 0.25) is 0 Å². The lowest BCUT2D eigenvalue weighted by Gasteiger charge is -2.07. The van der Waals surface area contributed by atoms with Crippen LogP contribution in [0.15, 0.2) is 53.3 Å². The number of hydrogen-bond donors (Lipinski definition) is 0. The topological polar surface area (TPSA) is 69.4 Å². The van der Waals surface area contributed by atoms with Gasteiger partial charge in [-0.05, 0) is 30.3 Å². The van der Waals surface area contributed by atoms with Crippen LogP contribution in [-0.4, -0.2) is 23.7 Å². The number of aromatic nitrogens is 1. The molecule has 0 saturated heterocycles. The third-order valence-electron chi connectivity index (χ3n) is 3.64. The van der Waals surface area contributed by atoms with Crippen LogP contribution < -0.4 is 4.74 Å². The van der Waals surface area contributed by atoms with Crippen molar-refractivity contribution < 1.29 is 18.7 Å². The molecule has 0 radical (unpaired) electrons. The second-order valence-electron chi connectivity index (χ2n) is 5.08. The van der Waals surface area contributed by atoms with E-state index in [0.29, 0.717) is 28.0 Å². The van der Waals surface area contributed by atoms with E-state index in [1.807, 2.05) is 0 Å². The van der Waals surface area contributed by atoms with E-state index >= 15 is 0 Å². The first-order valence-corrected chi connectivity index (χ1v) is 7.21. The third kappa shape index (κ3) is 3.13. The summed E-state index contributed by atoms with van der Waals surface area (Å²) in [5, 5.41) is 0. The van der Waals surface area contributed by atoms with Gasteiger partial charge in [0.05, 0.1) is 12.7 Å². The average Bonchev–Trinajstić information content (AvgIpc) is 3.06. The van der Waals surface area contributed by atoms with Crippen LogP contribution >= 0.6 is 0 Å². The van der Waals surface area contributed by atoms with Crippen molar-refractivity contribution >= 4 is 22.7 Å². The molecular weight excluding hydrogens is 294 g/mol. The van der Waals surface area contributed by atoms with Gasteiger partial charge in [0.15, 0.2) is 23.5 Å². The number of oxazole rings is 1. The second-order valence-corrected chi connectivity index (χ2v) is 5.08. The molecular formula is C18H15NO4. The normalized spacial score (nSPS) is 10.7. The predicted octanol–water partition coefficient (Wildman–Crippen LogP) is 3.68. The number of carbonyl (C=O) groups excluding carboxylic acids is 2. The van der Waals surface area contributed by atoms with Crippen LogP contribution in [0.25, 0.3) is 11.1 Å². The van der Waals surface area contributed by atoms with E-state index in [2.05, 4.69) is 4.98 Å². The molecule has 2 aromatic carbocycles. The third-order valence-corrected chi connectivity index (χ3v) is 3.64. The molecule has 1 aromatic heterocycles. The molecule has 0 aliphatic carbocycles. The SMILES string of the molecule is COc1ccccc1C(=O)CCC(=O)c1ccc2ocnc2c1. The molecule has 0 spiro atoms. The van der Waals surface area contributed by atoms with Crippen LogP contribution in [0.2, 0.25) is 0 Å². The molecule has 0 atom stereocenters. The summed E-state index contributed by atoms with van der Waals surface area (Å²) in [7, 11) is 1.52. The Kier molecular flexibility index (Phi) is 4.19.